The number of ketones is 1. The molecule has 2 rings (SSSR count). The van der Waals surface area contributed by atoms with Crippen LogP contribution in [-0.2, 0) is 14.3 Å². The first-order chi connectivity index (χ1) is 9.45. The van der Waals surface area contributed by atoms with Gasteiger partial charge < -0.3 is 9.84 Å². The third-order valence-corrected chi connectivity index (χ3v) is 3.18. The molecular formula is C15H13FO4. The van der Waals surface area contributed by atoms with Crippen LogP contribution in [0.1, 0.15) is 18.9 Å². The Morgan fingerprint density at radius 1 is 1.30 bits per heavy atom. The van der Waals surface area contributed by atoms with Crippen molar-refractivity contribution < 1.29 is 23.8 Å². The fourth-order valence-electron chi connectivity index (χ4n) is 2.23. The van der Waals surface area contributed by atoms with Crippen molar-refractivity contribution in [1.29, 1.82) is 0 Å². The maximum absolute atomic E-state index is 13.0. The summed E-state index contributed by atoms with van der Waals surface area (Å²) >= 11 is 0. The Labute approximate surface area is 115 Å². The number of ether oxygens (including phenoxy) is 1. The first-order valence-electron chi connectivity index (χ1n) is 5.96. The average Bonchev–Trinajstić information content (AvgIpc) is 2.39. The van der Waals surface area contributed by atoms with Crippen molar-refractivity contribution in [2.75, 3.05) is 7.11 Å². The number of rotatable bonds is 3. The molecule has 0 bridgehead atoms. The molecule has 0 unspecified atom stereocenters. The van der Waals surface area contributed by atoms with Gasteiger partial charge in [0.25, 0.3) is 0 Å². The van der Waals surface area contributed by atoms with Crippen LogP contribution in [0.2, 0.25) is 0 Å². The molecule has 20 heavy (non-hydrogen) atoms. The number of methoxy groups -OCH3 is 1. The predicted molar refractivity (Wildman–Crippen MR) is 70.3 cm³/mol. The number of hydrogen-bond acceptors (Lipinski definition) is 3. The largest absolute Gasteiger partial charge is 0.500 e. The number of benzene rings is 1. The van der Waals surface area contributed by atoms with Gasteiger partial charge in [-0.1, -0.05) is 12.1 Å². The third kappa shape index (κ3) is 2.34. The minimum atomic E-state index is -1.26. The first kappa shape index (κ1) is 14.0. The van der Waals surface area contributed by atoms with Crippen LogP contribution in [0, 0.1) is 5.82 Å². The van der Waals surface area contributed by atoms with E-state index in [1.807, 2.05) is 0 Å². The molecule has 0 saturated carbocycles. The molecule has 5 heteroatoms. The van der Waals surface area contributed by atoms with Gasteiger partial charge in [-0.05, 0) is 30.2 Å². The van der Waals surface area contributed by atoms with Crippen molar-refractivity contribution in [3.8, 4) is 0 Å². The summed E-state index contributed by atoms with van der Waals surface area (Å²) in [4.78, 5) is 23.6. The summed E-state index contributed by atoms with van der Waals surface area (Å²) in [6.45, 7) is 1.59. The summed E-state index contributed by atoms with van der Waals surface area (Å²) in [6.07, 6.45) is 0.247. The molecule has 0 radical (unpaired) electrons. The second-order valence-corrected chi connectivity index (χ2v) is 4.48. The Morgan fingerprint density at radius 3 is 2.40 bits per heavy atom. The summed E-state index contributed by atoms with van der Waals surface area (Å²) in [5.74, 6) is -1.90. The lowest BCUT2D eigenvalue weighted by Gasteiger charge is -2.20. The molecule has 0 spiro atoms. The van der Waals surface area contributed by atoms with E-state index in [0.29, 0.717) is 16.9 Å². The zero-order chi connectivity index (χ0) is 14.9. The van der Waals surface area contributed by atoms with E-state index >= 15 is 0 Å². The van der Waals surface area contributed by atoms with E-state index in [2.05, 4.69) is 0 Å². The van der Waals surface area contributed by atoms with Crippen LogP contribution in [-0.4, -0.2) is 24.0 Å². The lowest BCUT2D eigenvalue weighted by molar-refractivity contribution is -0.134. The standard InChI is InChI=1S/C15H13FO4/c1-8-7-11(20-2)13(14(17)12(8)15(18)19)9-3-5-10(16)6-4-9/h3-6H,7H2,1-2H3,(H,18,19). The van der Waals surface area contributed by atoms with Gasteiger partial charge in [0.05, 0.1) is 12.7 Å². The lowest BCUT2D eigenvalue weighted by atomic mass is 9.86. The van der Waals surface area contributed by atoms with E-state index in [1.165, 1.54) is 31.4 Å². The molecular weight excluding hydrogens is 263 g/mol. The molecule has 1 aliphatic rings. The van der Waals surface area contributed by atoms with E-state index in [0.717, 1.165) is 0 Å². The highest BCUT2D eigenvalue weighted by Gasteiger charge is 2.32. The molecule has 0 aliphatic heterocycles. The van der Waals surface area contributed by atoms with Crippen molar-refractivity contribution in [2.24, 2.45) is 0 Å². The van der Waals surface area contributed by atoms with Gasteiger partial charge in [-0.25, -0.2) is 9.18 Å². The van der Waals surface area contributed by atoms with Gasteiger partial charge in [0.2, 0.25) is 5.78 Å². The van der Waals surface area contributed by atoms with Gasteiger partial charge in [-0.2, -0.15) is 0 Å². The number of halogens is 1. The highest BCUT2D eigenvalue weighted by molar-refractivity contribution is 6.38. The van der Waals surface area contributed by atoms with Crippen molar-refractivity contribution in [2.45, 2.75) is 13.3 Å². The van der Waals surface area contributed by atoms with Gasteiger partial charge in [0.15, 0.2) is 0 Å². The number of carboxylic acids is 1. The number of carbonyl (C=O) groups is 2. The molecule has 0 fully saturated rings. The smallest absolute Gasteiger partial charge is 0.339 e. The number of allylic oxidation sites excluding steroid dienone is 2. The number of hydrogen-bond donors (Lipinski definition) is 1. The summed E-state index contributed by atoms with van der Waals surface area (Å²) < 4.78 is 18.2. The SMILES string of the molecule is COC1=C(c2ccc(F)cc2)C(=O)C(C(=O)O)=C(C)C1. The van der Waals surface area contributed by atoms with Crippen molar-refractivity contribution in [3.63, 3.8) is 0 Å². The molecule has 4 nitrogen and oxygen atoms in total. The molecule has 0 saturated heterocycles. The van der Waals surface area contributed by atoms with Crippen molar-refractivity contribution in [3.05, 3.63) is 52.6 Å². The van der Waals surface area contributed by atoms with Gasteiger partial charge in [0, 0.05) is 6.42 Å². The van der Waals surface area contributed by atoms with Crippen LogP contribution in [0.4, 0.5) is 4.39 Å². The molecule has 0 heterocycles. The zero-order valence-electron chi connectivity index (χ0n) is 11.1. The highest BCUT2D eigenvalue weighted by atomic mass is 19.1. The Bertz CT molecular complexity index is 638. The Balaban J connectivity index is 2.56. The molecule has 1 N–H and O–H groups in total. The van der Waals surface area contributed by atoms with Gasteiger partial charge in [0.1, 0.15) is 17.1 Å². The highest BCUT2D eigenvalue weighted by Crippen LogP contribution is 2.33. The number of Topliss-reactive ketones (excluding diaryl/α,β-unsaturated/α-hetero) is 1. The number of carboxylic acid groups (broad SMARTS) is 1. The van der Waals surface area contributed by atoms with Gasteiger partial charge in [-0.3, -0.25) is 4.79 Å². The summed E-state index contributed by atoms with van der Waals surface area (Å²) in [5, 5.41) is 9.14. The normalized spacial score (nSPS) is 15.7. The maximum atomic E-state index is 13.0. The third-order valence-electron chi connectivity index (χ3n) is 3.18. The molecule has 1 aromatic rings. The van der Waals surface area contributed by atoms with Crippen molar-refractivity contribution in [1.82, 2.24) is 0 Å². The van der Waals surface area contributed by atoms with Crippen LogP contribution in [0.25, 0.3) is 5.57 Å². The summed E-state index contributed by atoms with van der Waals surface area (Å²) in [6, 6.07) is 5.30. The molecule has 104 valence electrons. The Hall–Kier alpha value is -2.43. The number of carbonyl (C=O) groups excluding carboxylic acids is 1. The summed E-state index contributed by atoms with van der Waals surface area (Å²) in [7, 11) is 1.42. The van der Waals surface area contributed by atoms with Crippen LogP contribution in [0.15, 0.2) is 41.2 Å². The summed E-state index contributed by atoms with van der Waals surface area (Å²) in [5.41, 5.74) is 0.824. The maximum Gasteiger partial charge on any atom is 0.339 e. The second-order valence-electron chi connectivity index (χ2n) is 4.48. The Kier molecular flexibility index (Phi) is 3.70. The van der Waals surface area contributed by atoms with E-state index in [9.17, 15) is 14.0 Å². The van der Waals surface area contributed by atoms with Crippen LogP contribution in [0.5, 0.6) is 0 Å². The van der Waals surface area contributed by atoms with E-state index < -0.39 is 17.6 Å². The minimum absolute atomic E-state index is 0.176. The van der Waals surface area contributed by atoms with Gasteiger partial charge in [-0.15, -0.1) is 0 Å². The van der Waals surface area contributed by atoms with Crippen LogP contribution >= 0.6 is 0 Å². The second kappa shape index (κ2) is 5.28. The minimum Gasteiger partial charge on any atom is -0.500 e. The van der Waals surface area contributed by atoms with Gasteiger partial charge >= 0.3 is 5.97 Å². The number of aliphatic carboxylic acids is 1. The lowest BCUT2D eigenvalue weighted by Crippen LogP contribution is -2.21. The van der Waals surface area contributed by atoms with Crippen LogP contribution < -0.4 is 0 Å². The molecule has 0 aromatic heterocycles. The van der Waals surface area contributed by atoms with Crippen molar-refractivity contribution >= 4 is 17.3 Å². The fraction of sp³-hybridized carbons (Fsp3) is 0.200. The quantitative estimate of drug-likeness (QED) is 0.862. The average molecular weight is 276 g/mol. The Morgan fingerprint density at radius 2 is 1.90 bits per heavy atom. The zero-order valence-corrected chi connectivity index (χ0v) is 11.1. The first-order valence-corrected chi connectivity index (χ1v) is 5.96. The van der Waals surface area contributed by atoms with E-state index in [4.69, 9.17) is 9.84 Å². The molecule has 0 atom stereocenters. The monoisotopic (exact) mass is 276 g/mol. The molecule has 1 aromatic carbocycles. The molecule has 1 aliphatic carbocycles. The fourth-order valence-corrected chi connectivity index (χ4v) is 2.23. The van der Waals surface area contributed by atoms with E-state index in [1.54, 1.807) is 6.92 Å². The predicted octanol–water partition coefficient (Wildman–Crippen LogP) is 2.56. The molecule has 0 amide bonds. The topological polar surface area (TPSA) is 63.6 Å². The van der Waals surface area contributed by atoms with Crippen LogP contribution in [0.3, 0.4) is 0 Å². The van der Waals surface area contributed by atoms with E-state index in [-0.39, 0.29) is 17.6 Å².